The molecule has 1 amide bonds. The molecular weight excluding hydrogens is 480 g/mol. The minimum Gasteiger partial charge on any atom is -0.454 e. The van der Waals surface area contributed by atoms with Gasteiger partial charge in [-0.05, 0) is 65.9 Å². The zero-order valence-electron chi connectivity index (χ0n) is 19.6. The maximum atomic E-state index is 13.3. The Kier molecular flexibility index (Phi) is 5.70. The topological polar surface area (TPSA) is 94.2 Å². The van der Waals surface area contributed by atoms with Crippen LogP contribution >= 0.6 is 0 Å². The maximum Gasteiger partial charge on any atom is 0.243 e. The zero-order valence-corrected chi connectivity index (χ0v) is 20.4. The number of anilines is 1. The van der Waals surface area contributed by atoms with Gasteiger partial charge < -0.3 is 19.5 Å². The number of nitrogens with one attached hydrogen (secondary N) is 1. The van der Waals surface area contributed by atoms with E-state index >= 15 is 0 Å². The quantitative estimate of drug-likeness (QED) is 0.547. The van der Waals surface area contributed by atoms with E-state index in [9.17, 15) is 13.2 Å². The van der Waals surface area contributed by atoms with Gasteiger partial charge in [-0.25, -0.2) is 8.42 Å². The molecule has 3 aromatic carbocycles. The van der Waals surface area contributed by atoms with Gasteiger partial charge in [-0.15, -0.1) is 0 Å². The predicted octanol–water partition coefficient (Wildman–Crippen LogP) is 3.77. The van der Waals surface area contributed by atoms with Gasteiger partial charge in [0.25, 0.3) is 0 Å². The van der Waals surface area contributed by atoms with E-state index in [4.69, 9.17) is 14.2 Å². The third-order valence-corrected chi connectivity index (χ3v) is 8.94. The van der Waals surface area contributed by atoms with E-state index in [2.05, 4.69) is 5.32 Å². The lowest BCUT2D eigenvalue weighted by atomic mass is 9.94. The van der Waals surface area contributed by atoms with Gasteiger partial charge in [-0.1, -0.05) is 30.3 Å². The fourth-order valence-electron chi connectivity index (χ4n) is 4.75. The Bertz CT molecular complexity index is 1410. The van der Waals surface area contributed by atoms with Crippen LogP contribution in [0.5, 0.6) is 11.5 Å². The van der Waals surface area contributed by atoms with Crippen molar-refractivity contribution in [3.05, 3.63) is 72.3 Å². The molecule has 0 spiro atoms. The van der Waals surface area contributed by atoms with Gasteiger partial charge in [0.2, 0.25) is 22.7 Å². The number of nitrogens with zero attached hydrogens (tertiary/aromatic N) is 1. The Balaban J connectivity index is 1.19. The van der Waals surface area contributed by atoms with Gasteiger partial charge in [0.1, 0.15) is 0 Å². The Labute approximate surface area is 209 Å². The molecule has 0 atom stereocenters. The van der Waals surface area contributed by atoms with Crippen molar-refractivity contribution in [2.75, 3.05) is 38.4 Å². The molecule has 1 N–H and O–H groups in total. The highest BCUT2D eigenvalue weighted by atomic mass is 32.2. The van der Waals surface area contributed by atoms with Crippen molar-refractivity contribution in [3.8, 4) is 22.6 Å². The largest absolute Gasteiger partial charge is 0.454 e. The molecule has 2 heterocycles. The van der Waals surface area contributed by atoms with E-state index in [0.29, 0.717) is 43.5 Å². The Morgan fingerprint density at radius 2 is 1.61 bits per heavy atom. The van der Waals surface area contributed by atoms with Crippen LogP contribution in [0.15, 0.2) is 71.6 Å². The summed E-state index contributed by atoms with van der Waals surface area (Å²) < 4.78 is 43.4. The van der Waals surface area contributed by atoms with Crippen LogP contribution in [-0.2, 0) is 25.0 Å². The summed E-state index contributed by atoms with van der Waals surface area (Å²) in [6.07, 6.45) is 1.55. The number of ether oxygens (including phenoxy) is 3. The number of sulfonamides is 1. The Hall–Kier alpha value is -3.40. The van der Waals surface area contributed by atoms with Crippen molar-refractivity contribution < 1.29 is 27.4 Å². The van der Waals surface area contributed by atoms with Crippen molar-refractivity contribution in [3.63, 3.8) is 0 Å². The van der Waals surface area contributed by atoms with E-state index in [1.807, 2.05) is 42.5 Å². The molecule has 8 nitrogen and oxygen atoms in total. The van der Waals surface area contributed by atoms with Gasteiger partial charge in [0.15, 0.2) is 11.5 Å². The standard InChI is InChI=1S/C27H26N2O6S/c30-26(27(10-11-27)21-6-9-24-25(17-21)35-18-34-24)28-22-3-1-2-20(16-22)19-4-7-23(8-5-19)36(31,32)29-12-14-33-15-13-29/h1-9,16-17H,10-15,18H2,(H,28,30). The molecule has 2 fully saturated rings. The highest BCUT2D eigenvalue weighted by molar-refractivity contribution is 7.89. The number of amides is 1. The second-order valence-corrected chi connectivity index (χ2v) is 11.2. The first-order valence-corrected chi connectivity index (χ1v) is 13.4. The lowest BCUT2D eigenvalue weighted by Gasteiger charge is -2.26. The fourth-order valence-corrected chi connectivity index (χ4v) is 6.16. The molecule has 186 valence electrons. The van der Waals surface area contributed by atoms with Crippen molar-refractivity contribution in [2.45, 2.75) is 23.2 Å². The number of fused-ring (bicyclic) bond motifs is 1. The number of benzene rings is 3. The fraction of sp³-hybridized carbons (Fsp3) is 0.296. The average molecular weight is 507 g/mol. The zero-order chi connectivity index (χ0) is 24.8. The first-order valence-electron chi connectivity index (χ1n) is 12.0. The lowest BCUT2D eigenvalue weighted by molar-refractivity contribution is -0.118. The molecule has 9 heteroatoms. The summed E-state index contributed by atoms with van der Waals surface area (Å²) in [5.74, 6) is 1.32. The molecule has 3 aliphatic rings. The van der Waals surface area contributed by atoms with Gasteiger partial charge in [-0.2, -0.15) is 4.31 Å². The van der Waals surface area contributed by atoms with E-state index < -0.39 is 15.4 Å². The summed E-state index contributed by atoms with van der Waals surface area (Å²) in [5, 5.41) is 3.07. The molecule has 0 radical (unpaired) electrons. The van der Waals surface area contributed by atoms with E-state index in [-0.39, 0.29) is 17.6 Å². The van der Waals surface area contributed by atoms with E-state index in [1.54, 1.807) is 24.3 Å². The molecule has 36 heavy (non-hydrogen) atoms. The van der Waals surface area contributed by atoms with Crippen molar-refractivity contribution in [2.24, 2.45) is 0 Å². The predicted molar refractivity (Wildman–Crippen MR) is 134 cm³/mol. The molecule has 0 bridgehead atoms. The third kappa shape index (κ3) is 4.13. The second-order valence-electron chi connectivity index (χ2n) is 9.23. The number of rotatable bonds is 6. The first kappa shape index (κ1) is 23.0. The molecule has 0 unspecified atom stereocenters. The van der Waals surface area contributed by atoms with Crippen molar-refractivity contribution in [1.29, 1.82) is 0 Å². The summed E-state index contributed by atoms with van der Waals surface area (Å²) in [5.41, 5.74) is 2.80. The van der Waals surface area contributed by atoms with Gasteiger partial charge in [-0.3, -0.25) is 4.79 Å². The maximum absolute atomic E-state index is 13.3. The van der Waals surface area contributed by atoms with Gasteiger partial charge in [0.05, 0.1) is 23.5 Å². The van der Waals surface area contributed by atoms with Crippen LogP contribution in [0.25, 0.3) is 11.1 Å². The number of carbonyl (C=O) groups excluding carboxylic acids is 1. The van der Waals surface area contributed by atoms with Crippen LogP contribution in [0.2, 0.25) is 0 Å². The minimum absolute atomic E-state index is 0.0505. The number of hydrogen-bond acceptors (Lipinski definition) is 6. The summed E-state index contributed by atoms with van der Waals surface area (Å²) in [4.78, 5) is 13.5. The molecule has 0 aromatic heterocycles. The average Bonchev–Trinajstić information content (AvgIpc) is 3.60. The third-order valence-electron chi connectivity index (χ3n) is 7.03. The van der Waals surface area contributed by atoms with Gasteiger partial charge >= 0.3 is 0 Å². The Morgan fingerprint density at radius 1 is 0.861 bits per heavy atom. The number of hydrogen-bond donors (Lipinski definition) is 1. The van der Waals surface area contributed by atoms with Crippen LogP contribution in [-0.4, -0.2) is 51.7 Å². The van der Waals surface area contributed by atoms with Crippen LogP contribution in [0, 0.1) is 0 Å². The highest BCUT2D eigenvalue weighted by Crippen LogP contribution is 2.51. The molecule has 1 aliphatic carbocycles. The summed E-state index contributed by atoms with van der Waals surface area (Å²) in [6, 6.07) is 20.1. The number of morpholine rings is 1. The molecule has 1 saturated carbocycles. The van der Waals surface area contributed by atoms with Gasteiger partial charge in [0, 0.05) is 18.8 Å². The van der Waals surface area contributed by atoms with Crippen LogP contribution in [0.3, 0.4) is 0 Å². The van der Waals surface area contributed by atoms with Crippen LogP contribution in [0.4, 0.5) is 5.69 Å². The molecule has 3 aromatic rings. The molecular formula is C27H26N2O6S. The highest BCUT2D eigenvalue weighted by Gasteiger charge is 2.51. The molecule has 1 saturated heterocycles. The normalized spacial score (nSPS) is 18.6. The van der Waals surface area contributed by atoms with Crippen LogP contribution in [0.1, 0.15) is 18.4 Å². The Morgan fingerprint density at radius 3 is 2.36 bits per heavy atom. The van der Waals surface area contributed by atoms with Crippen molar-refractivity contribution in [1.82, 2.24) is 4.31 Å². The van der Waals surface area contributed by atoms with E-state index in [0.717, 1.165) is 29.5 Å². The summed E-state index contributed by atoms with van der Waals surface area (Å²) >= 11 is 0. The van der Waals surface area contributed by atoms with E-state index in [1.165, 1.54) is 4.31 Å². The lowest BCUT2D eigenvalue weighted by Crippen LogP contribution is -2.40. The summed E-state index contributed by atoms with van der Waals surface area (Å²) in [7, 11) is -3.55. The second kappa shape index (κ2) is 8.92. The summed E-state index contributed by atoms with van der Waals surface area (Å²) in [6.45, 7) is 1.74. The smallest absolute Gasteiger partial charge is 0.243 e. The monoisotopic (exact) mass is 506 g/mol. The first-order chi connectivity index (χ1) is 17.5. The SMILES string of the molecule is O=C(Nc1cccc(-c2ccc(S(=O)(=O)N3CCOCC3)cc2)c1)C1(c2ccc3c(c2)OCO3)CC1. The van der Waals surface area contributed by atoms with Crippen molar-refractivity contribution >= 4 is 21.6 Å². The van der Waals surface area contributed by atoms with Crippen LogP contribution < -0.4 is 14.8 Å². The number of carbonyl (C=O) groups is 1. The molecule has 6 rings (SSSR count). The minimum atomic E-state index is -3.55. The molecule has 2 aliphatic heterocycles.